The number of methoxy groups -OCH3 is 1. The number of aromatic nitrogens is 1. The molecule has 0 aliphatic carbocycles. The van der Waals surface area contributed by atoms with Gasteiger partial charge in [0, 0.05) is 30.3 Å². The number of carbonyl (C=O) groups excluding carboxylic acids is 1. The molecular weight excluding hydrogens is 368 g/mol. The molecule has 2 aromatic heterocycles. The number of benzene rings is 1. The second-order valence-corrected chi connectivity index (χ2v) is 7.09. The highest BCUT2D eigenvalue weighted by atomic mass is 32.1. The van der Waals surface area contributed by atoms with Gasteiger partial charge in [-0.1, -0.05) is 6.07 Å². The number of hydrogen-bond donors (Lipinski definition) is 2. The molecule has 0 unspecified atom stereocenters. The second-order valence-electron chi connectivity index (χ2n) is 6.09. The molecule has 0 radical (unpaired) electrons. The Hall–Kier alpha value is -3.04. The van der Waals surface area contributed by atoms with E-state index in [1.807, 2.05) is 13.0 Å². The molecule has 0 saturated heterocycles. The third kappa shape index (κ3) is 3.60. The van der Waals surface area contributed by atoms with E-state index in [4.69, 9.17) is 10.5 Å². The Labute approximate surface area is 159 Å². The Balaban J connectivity index is 2.02. The Morgan fingerprint density at radius 1 is 1.37 bits per heavy atom. The summed E-state index contributed by atoms with van der Waals surface area (Å²) in [4.78, 5) is 28.7. The molecule has 9 heteroatoms. The molecule has 8 nitrogen and oxygen atoms in total. The van der Waals surface area contributed by atoms with E-state index >= 15 is 0 Å². The lowest BCUT2D eigenvalue weighted by Gasteiger charge is -2.08. The van der Waals surface area contributed by atoms with Crippen LogP contribution in [-0.2, 0) is 11.3 Å². The molecule has 2 heterocycles. The number of aryl methyl sites for hydroxylation is 2. The number of fused-ring (bicyclic) bond motifs is 1. The number of pyridine rings is 1. The van der Waals surface area contributed by atoms with Crippen LogP contribution in [0.4, 0.5) is 17.1 Å². The molecule has 0 spiro atoms. The van der Waals surface area contributed by atoms with Crippen LogP contribution >= 0.6 is 11.3 Å². The molecule has 3 rings (SSSR count). The molecule has 0 aliphatic heterocycles. The Morgan fingerprint density at radius 2 is 2.11 bits per heavy atom. The number of hydrogen-bond acceptors (Lipinski definition) is 7. The van der Waals surface area contributed by atoms with Crippen LogP contribution in [0.1, 0.15) is 26.5 Å². The van der Waals surface area contributed by atoms with Gasteiger partial charge in [0.05, 0.1) is 22.9 Å². The zero-order chi connectivity index (χ0) is 19.7. The Morgan fingerprint density at radius 3 is 2.78 bits per heavy atom. The van der Waals surface area contributed by atoms with E-state index in [9.17, 15) is 14.9 Å². The van der Waals surface area contributed by atoms with Crippen molar-refractivity contribution in [3.63, 3.8) is 0 Å². The molecule has 27 heavy (non-hydrogen) atoms. The number of nitro benzene ring substituents is 1. The summed E-state index contributed by atoms with van der Waals surface area (Å²) in [6, 6.07) is 6.18. The Bertz CT molecular complexity index is 1060. The highest BCUT2D eigenvalue weighted by Crippen LogP contribution is 2.36. The number of anilines is 2. The van der Waals surface area contributed by atoms with Crippen LogP contribution in [0.2, 0.25) is 0 Å². The van der Waals surface area contributed by atoms with Gasteiger partial charge in [-0.3, -0.25) is 14.9 Å². The molecule has 0 saturated carbocycles. The number of thiophene rings is 1. The van der Waals surface area contributed by atoms with Gasteiger partial charge in [0.15, 0.2) is 0 Å². The van der Waals surface area contributed by atoms with E-state index in [0.717, 1.165) is 11.3 Å². The number of rotatable bonds is 5. The van der Waals surface area contributed by atoms with E-state index in [-0.39, 0.29) is 5.69 Å². The van der Waals surface area contributed by atoms with E-state index in [1.54, 1.807) is 20.1 Å². The molecule has 0 fully saturated rings. The first-order valence-corrected chi connectivity index (χ1v) is 8.87. The van der Waals surface area contributed by atoms with Gasteiger partial charge in [-0.15, -0.1) is 11.3 Å². The predicted molar refractivity (Wildman–Crippen MR) is 105 cm³/mol. The topological polar surface area (TPSA) is 120 Å². The number of non-ortho nitro benzene ring substituents is 1. The molecule has 3 aromatic rings. The van der Waals surface area contributed by atoms with Crippen molar-refractivity contribution >= 4 is 44.5 Å². The fourth-order valence-electron chi connectivity index (χ4n) is 2.81. The molecule has 0 bridgehead atoms. The van der Waals surface area contributed by atoms with Crippen molar-refractivity contribution in [2.75, 3.05) is 18.2 Å². The number of nitro groups is 1. The van der Waals surface area contributed by atoms with Crippen LogP contribution in [0.15, 0.2) is 24.3 Å². The van der Waals surface area contributed by atoms with Crippen molar-refractivity contribution in [3.05, 3.63) is 56.1 Å². The standard InChI is InChI=1S/C18H18N4O4S/c1-9-4-5-12(22(24)25)7-13(9)21-17(23)16-15(19)14-11(8-26-3)6-10(2)20-18(14)27-16/h4-7H,8,19H2,1-3H3,(H,21,23). The Kier molecular flexibility index (Phi) is 5.06. The van der Waals surface area contributed by atoms with Crippen LogP contribution in [0.3, 0.4) is 0 Å². The highest BCUT2D eigenvalue weighted by Gasteiger charge is 2.21. The fraction of sp³-hybridized carbons (Fsp3) is 0.222. The first-order valence-electron chi connectivity index (χ1n) is 8.05. The normalized spacial score (nSPS) is 10.9. The maximum absolute atomic E-state index is 12.8. The minimum atomic E-state index is -0.507. The lowest BCUT2D eigenvalue weighted by Crippen LogP contribution is -2.13. The summed E-state index contributed by atoms with van der Waals surface area (Å²) in [5, 5.41) is 14.4. The van der Waals surface area contributed by atoms with Crippen molar-refractivity contribution in [1.82, 2.24) is 4.98 Å². The van der Waals surface area contributed by atoms with Gasteiger partial charge >= 0.3 is 0 Å². The first-order chi connectivity index (χ1) is 12.8. The maximum Gasteiger partial charge on any atom is 0.271 e. The summed E-state index contributed by atoms with van der Waals surface area (Å²) >= 11 is 1.18. The number of nitrogens with two attached hydrogens (primary N) is 1. The lowest BCUT2D eigenvalue weighted by atomic mass is 10.1. The van der Waals surface area contributed by atoms with Crippen LogP contribution in [0.25, 0.3) is 10.2 Å². The van der Waals surface area contributed by atoms with Gasteiger partial charge in [0.1, 0.15) is 9.71 Å². The van der Waals surface area contributed by atoms with Crippen molar-refractivity contribution in [3.8, 4) is 0 Å². The van der Waals surface area contributed by atoms with E-state index < -0.39 is 10.8 Å². The minimum Gasteiger partial charge on any atom is -0.397 e. The van der Waals surface area contributed by atoms with Crippen molar-refractivity contribution in [2.24, 2.45) is 0 Å². The second kappa shape index (κ2) is 7.29. The zero-order valence-electron chi connectivity index (χ0n) is 15.0. The van der Waals surface area contributed by atoms with Gasteiger partial charge in [-0.05, 0) is 31.0 Å². The number of nitrogen functional groups attached to an aromatic ring is 1. The molecule has 3 N–H and O–H groups in total. The van der Waals surface area contributed by atoms with Crippen LogP contribution < -0.4 is 11.1 Å². The molecule has 1 amide bonds. The summed E-state index contributed by atoms with van der Waals surface area (Å²) in [7, 11) is 1.59. The summed E-state index contributed by atoms with van der Waals surface area (Å²) in [5.74, 6) is -0.430. The SMILES string of the molecule is COCc1cc(C)nc2sc(C(=O)Nc3cc([N+](=O)[O-])ccc3C)c(N)c12. The minimum absolute atomic E-state index is 0.0973. The van der Waals surface area contributed by atoms with Crippen LogP contribution in [-0.4, -0.2) is 22.9 Å². The van der Waals surface area contributed by atoms with E-state index in [0.29, 0.717) is 38.6 Å². The average molecular weight is 386 g/mol. The third-order valence-electron chi connectivity index (χ3n) is 4.09. The molecule has 140 valence electrons. The number of amides is 1. The predicted octanol–water partition coefficient (Wildman–Crippen LogP) is 3.80. The summed E-state index contributed by atoms with van der Waals surface area (Å²) in [5.41, 5.74) is 9.21. The summed E-state index contributed by atoms with van der Waals surface area (Å²) < 4.78 is 5.22. The maximum atomic E-state index is 12.8. The van der Waals surface area contributed by atoms with Gasteiger partial charge in [0.25, 0.3) is 11.6 Å². The number of nitrogens with zero attached hydrogens (tertiary/aromatic N) is 2. The van der Waals surface area contributed by atoms with E-state index in [1.165, 1.54) is 23.5 Å². The van der Waals surface area contributed by atoms with Crippen molar-refractivity contribution < 1.29 is 14.5 Å². The van der Waals surface area contributed by atoms with Crippen LogP contribution in [0.5, 0.6) is 0 Å². The smallest absolute Gasteiger partial charge is 0.271 e. The molecule has 0 atom stereocenters. The quantitative estimate of drug-likeness (QED) is 0.508. The lowest BCUT2D eigenvalue weighted by molar-refractivity contribution is -0.384. The highest BCUT2D eigenvalue weighted by molar-refractivity contribution is 7.21. The monoisotopic (exact) mass is 386 g/mol. The number of ether oxygens (including phenoxy) is 1. The largest absolute Gasteiger partial charge is 0.397 e. The molecule has 0 aliphatic rings. The van der Waals surface area contributed by atoms with Crippen LogP contribution in [0, 0.1) is 24.0 Å². The van der Waals surface area contributed by atoms with Gasteiger partial charge in [-0.25, -0.2) is 4.98 Å². The van der Waals surface area contributed by atoms with Crippen molar-refractivity contribution in [2.45, 2.75) is 20.5 Å². The fourth-order valence-corrected chi connectivity index (χ4v) is 3.89. The average Bonchev–Trinajstić information content (AvgIpc) is 2.93. The first kappa shape index (κ1) is 18.7. The van der Waals surface area contributed by atoms with Gasteiger partial charge < -0.3 is 15.8 Å². The third-order valence-corrected chi connectivity index (χ3v) is 5.19. The zero-order valence-corrected chi connectivity index (χ0v) is 15.8. The van der Waals surface area contributed by atoms with Gasteiger partial charge in [-0.2, -0.15) is 0 Å². The summed E-state index contributed by atoms with van der Waals surface area (Å²) in [6.07, 6.45) is 0. The number of carbonyl (C=O) groups is 1. The summed E-state index contributed by atoms with van der Waals surface area (Å²) in [6.45, 7) is 3.97. The van der Waals surface area contributed by atoms with E-state index in [2.05, 4.69) is 10.3 Å². The van der Waals surface area contributed by atoms with Gasteiger partial charge in [0.2, 0.25) is 0 Å². The molecular formula is C18H18N4O4S. The number of nitrogens with one attached hydrogen (secondary N) is 1. The molecule has 1 aromatic carbocycles. The van der Waals surface area contributed by atoms with Crippen molar-refractivity contribution in [1.29, 1.82) is 0 Å².